The van der Waals surface area contributed by atoms with Crippen molar-refractivity contribution in [2.24, 2.45) is 17.8 Å². The van der Waals surface area contributed by atoms with Crippen molar-refractivity contribution < 1.29 is 34.0 Å². The maximum absolute atomic E-state index is 13.3. The fraction of sp³-hybridized carbons (Fsp3) is 0.552. The minimum Gasteiger partial charge on any atom is -0.477 e. The molecule has 3 aliphatic rings. The van der Waals surface area contributed by atoms with Gasteiger partial charge in [-0.1, -0.05) is 44.2 Å². The highest BCUT2D eigenvalue weighted by atomic mass is 16.6. The number of esters is 2. The van der Waals surface area contributed by atoms with Crippen LogP contribution in [0.3, 0.4) is 0 Å². The SMILES string of the molecule is CC[C@H](Oc1ccccc1C#N)C(=O)OC1CC(O)C=C2C=CC(C)C(CC[C@@H]3C[C@@H](O)CC(=O)O3)C21. The Morgan fingerprint density at radius 1 is 1.24 bits per heavy atom. The predicted molar refractivity (Wildman–Crippen MR) is 134 cm³/mol. The van der Waals surface area contributed by atoms with Gasteiger partial charge in [-0.25, -0.2) is 4.79 Å². The molecule has 0 spiro atoms. The topological polar surface area (TPSA) is 126 Å². The highest BCUT2D eigenvalue weighted by molar-refractivity contribution is 5.75. The molecule has 8 nitrogen and oxygen atoms in total. The molecule has 0 amide bonds. The van der Waals surface area contributed by atoms with Crippen LogP contribution in [0.15, 0.2) is 48.1 Å². The number of nitriles is 1. The summed E-state index contributed by atoms with van der Waals surface area (Å²) in [5.74, 6) is -0.422. The van der Waals surface area contributed by atoms with Gasteiger partial charge in [-0.3, -0.25) is 4.79 Å². The molecule has 2 aliphatic carbocycles. The number of nitrogens with zero attached hydrogens (tertiary/aromatic N) is 1. The lowest BCUT2D eigenvalue weighted by Crippen LogP contribution is -2.44. The van der Waals surface area contributed by atoms with Gasteiger partial charge in [0.25, 0.3) is 0 Å². The van der Waals surface area contributed by atoms with Crippen LogP contribution in [0.4, 0.5) is 0 Å². The standard InChI is InChI=1S/C29H35NO7/c1-3-24(36-25-7-5-4-6-19(25)16-30)29(34)37-26-14-20(31)12-18-9-8-17(2)23(28(18)26)11-10-22-13-21(32)15-27(33)35-22/h4-9,12,17,20-24,26,28,31-32H,3,10-11,13-15H2,1-2H3/t17?,20?,21-,22-,23?,24+,26?,28?/m1/s1. The quantitative estimate of drug-likeness (QED) is 0.509. The van der Waals surface area contributed by atoms with E-state index in [2.05, 4.69) is 19.1 Å². The molecule has 1 aliphatic heterocycles. The molecule has 0 aromatic heterocycles. The van der Waals surface area contributed by atoms with E-state index in [1.54, 1.807) is 24.3 Å². The molecule has 0 bridgehead atoms. The molecule has 1 aromatic rings. The fourth-order valence-corrected chi connectivity index (χ4v) is 5.74. The minimum atomic E-state index is -0.890. The Balaban J connectivity index is 1.49. The lowest BCUT2D eigenvalue weighted by Gasteiger charge is -2.43. The number of ether oxygens (including phenoxy) is 3. The zero-order chi connectivity index (χ0) is 26.5. The smallest absolute Gasteiger partial charge is 0.347 e. The maximum Gasteiger partial charge on any atom is 0.347 e. The number of carbonyl (C=O) groups is 2. The number of fused-ring (bicyclic) bond motifs is 1. The second-order valence-electron chi connectivity index (χ2n) is 10.3. The molecule has 4 rings (SSSR count). The van der Waals surface area contributed by atoms with Gasteiger partial charge < -0.3 is 24.4 Å². The largest absolute Gasteiger partial charge is 0.477 e. The summed E-state index contributed by atoms with van der Waals surface area (Å²) in [5, 5.41) is 29.9. The van der Waals surface area contributed by atoms with Crippen LogP contribution in [0.2, 0.25) is 0 Å². The number of hydrogen-bond acceptors (Lipinski definition) is 8. The van der Waals surface area contributed by atoms with Gasteiger partial charge in [0, 0.05) is 18.8 Å². The molecule has 0 saturated carbocycles. The van der Waals surface area contributed by atoms with Crippen LogP contribution < -0.4 is 4.74 Å². The number of rotatable bonds is 8. The molecular weight excluding hydrogens is 474 g/mol. The first-order valence-electron chi connectivity index (χ1n) is 13.1. The Bertz CT molecular complexity index is 1090. The number of allylic oxidation sites excluding steroid dienone is 2. The Morgan fingerprint density at radius 2 is 2.03 bits per heavy atom. The first-order chi connectivity index (χ1) is 17.8. The van der Waals surface area contributed by atoms with Gasteiger partial charge in [0.15, 0.2) is 6.10 Å². The van der Waals surface area contributed by atoms with Crippen molar-refractivity contribution in [1.82, 2.24) is 0 Å². The molecule has 37 heavy (non-hydrogen) atoms. The van der Waals surface area contributed by atoms with Crippen molar-refractivity contribution in [3.05, 3.63) is 53.6 Å². The average molecular weight is 510 g/mol. The molecule has 2 N–H and O–H groups in total. The van der Waals surface area contributed by atoms with Crippen molar-refractivity contribution in [2.75, 3.05) is 0 Å². The molecule has 8 atom stereocenters. The summed E-state index contributed by atoms with van der Waals surface area (Å²) >= 11 is 0. The zero-order valence-electron chi connectivity index (χ0n) is 21.3. The summed E-state index contributed by atoms with van der Waals surface area (Å²) in [6, 6.07) is 8.83. The predicted octanol–water partition coefficient (Wildman–Crippen LogP) is 3.60. The van der Waals surface area contributed by atoms with Crippen molar-refractivity contribution in [2.45, 2.75) is 82.9 Å². The van der Waals surface area contributed by atoms with Gasteiger partial charge in [-0.2, -0.15) is 5.26 Å². The number of aliphatic hydroxyl groups is 2. The Labute approximate surface area is 217 Å². The Kier molecular flexibility index (Phi) is 8.67. The first kappa shape index (κ1) is 26.9. The van der Waals surface area contributed by atoms with E-state index in [1.807, 2.05) is 19.1 Å². The van der Waals surface area contributed by atoms with Gasteiger partial charge in [0.05, 0.1) is 24.2 Å². The molecule has 0 radical (unpaired) electrons. The van der Waals surface area contributed by atoms with Crippen LogP contribution in [0.5, 0.6) is 5.75 Å². The number of para-hydroxylation sites is 1. The molecule has 198 valence electrons. The van der Waals surface area contributed by atoms with E-state index in [1.165, 1.54) is 0 Å². The summed E-state index contributed by atoms with van der Waals surface area (Å²) in [7, 11) is 0. The summed E-state index contributed by atoms with van der Waals surface area (Å²) in [4.78, 5) is 25.0. The summed E-state index contributed by atoms with van der Waals surface area (Å²) in [6.45, 7) is 3.93. The number of cyclic esters (lactones) is 1. The van der Waals surface area contributed by atoms with E-state index in [0.717, 1.165) is 5.57 Å². The van der Waals surface area contributed by atoms with Crippen LogP contribution in [0, 0.1) is 29.1 Å². The summed E-state index contributed by atoms with van der Waals surface area (Å²) in [5.41, 5.74) is 1.27. The minimum absolute atomic E-state index is 0.0317. The van der Waals surface area contributed by atoms with Gasteiger partial charge in [-0.05, 0) is 48.8 Å². The van der Waals surface area contributed by atoms with E-state index in [0.29, 0.717) is 37.0 Å². The van der Waals surface area contributed by atoms with Gasteiger partial charge in [0.2, 0.25) is 0 Å². The number of benzene rings is 1. The Morgan fingerprint density at radius 3 is 2.76 bits per heavy atom. The molecule has 8 heteroatoms. The second-order valence-corrected chi connectivity index (χ2v) is 10.3. The Hall–Kier alpha value is -3.15. The molecular formula is C29H35NO7. The van der Waals surface area contributed by atoms with Gasteiger partial charge in [0.1, 0.15) is 24.0 Å². The van der Waals surface area contributed by atoms with E-state index >= 15 is 0 Å². The molecule has 1 saturated heterocycles. The van der Waals surface area contributed by atoms with Gasteiger partial charge >= 0.3 is 11.9 Å². The second kappa shape index (κ2) is 11.9. The third-order valence-electron chi connectivity index (χ3n) is 7.61. The van der Waals surface area contributed by atoms with Crippen LogP contribution in [0.25, 0.3) is 0 Å². The summed E-state index contributed by atoms with van der Waals surface area (Å²) in [6.07, 6.45) is 5.13. The van der Waals surface area contributed by atoms with Crippen LogP contribution in [-0.4, -0.2) is 52.7 Å². The van der Waals surface area contributed by atoms with E-state index < -0.39 is 30.4 Å². The van der Waals surface area contributed by atoms with Crippen molar-refractivity contribution >= 4 is 11.9 Å². The maximum atomic E-state index is 13.3. The first-order valence-corrected chi connectivity index (χ1v) is 13.1. The lowest BCUT2D eigenvalue weighted by molar-refractivity contribution is -0.165. The van der Waals surface area contributed by atoms with E-state index in [9.17, 15) is 25.1 Å². The van der Waals surface area contributed by atoms with Crippen molar-refractivity contribution in [1.29, 1.82) is 5.26 Å². The highest BCUT2D eigenvalue weighted by Crippen LogP contribution is 2.44. The molecule has 5 unspecified atom stereocenters. The fourth-order valence-electron chi connectivity index (χ4n) is 5.74. The number of carbonyl (C=O) groups excluding carboxylic acids is 2. The highest BCUT2D eigenvalue weighted by Gasteiger charge is 2.43. The normalized spacial score (nSPS) is 31.8. The van der Waals surface area contributed by atoms with Crippen LogP contribution in [-0.2, 0) is 19.1 Å². The third kappa shape index (κ3) is 6.41. The zero-order valence-corrected chi connectivity index (χ0v) is 21.3. The monoisotopic (exact) mass is 509 g/mol. The number of hydrogen-bond donors (Lipinski definition) is 2. The average Bonchev–Trinajstić information content (AvgIpc) is 2.86. The van der Waals surface area contributed by atoms with Crippen LogP contribution >= 0.6 is 0 Å². The van der Waals surface area contributed by atoms with Gasteiger partial charge in [-0.15, -0.1) is 0 Å². The summed E-state index contributed by atoms with van der Waals surface area (Å²) < 4.78 is 17.4. The number of aliphatic hydroxyl groups excluding tert-OH is 2. The van der Waals surface area contributed by atoms with E-state index in [4.69, 9.17) is 14.2 Å². The van der Waals surface area contributed by atoms with Crippen molar-refractivity contribution in [3.8, 4) is 11.8 Å². The third-order valence-corrected chi connectivity index (χ3v) is 7.61. The molecule has 1 fully saturated rings. The van der Waals surface area contributed by atoms with Crippen LogP contribution in [0.1, 0.15) is 57.9 Å². The molecule has 1 heterocycles. The lowest BCUT2D eigenvalue weighted by atomic mass is 9.66. The van der Waals surface area contributed by atoms with E-state index in [-0.39, 0.29) is 42.7 Å². The van der Waals surface area contributed by atoms with Crippen molar-refractivity contribution in [3.63, 3.8) is 0 Å². The molecule has 1 aromatic carbocycles.